The molecule has 36 heavy (non-hydrogen) atoms. The zero-order valence-corrected chi connectivity index (χ0v) is 20.0. The van der Waals surface area contributed by atoms with Crippen molar-refractivity contribution in [1.29, 1.82) is 0 Å². The minimum atomic E-state index is -1.42. The Balaban J connectivity index is 1.55. The molecule has 1 aromatic heterocycles. The van der Waals surface area contributed by atoms with Crippen molar-refractivity contribution in [2.75, 3.05) is 6.54 Å². The molecule has 2 amide bonds. The van der Waals surface area contributed by atoms with E-state index in [2.05, 4.69) is 5.32 Å². The Hall–Kier alpha value is -3.50. The summed E-state index contributed by atoms with van der Waals surface area (Å²) in [6.45, 7) is 0.777. The summed E-state index contributed by atoms with van der Waals surface area (Å²) in [5.41, 5.74) is 1.06. The summed E-state index contributed by atoms with van der Waals surface area (Å²) in [7, 11) is 0. The zero-order valence-electron chi connectivity index (χ0n) is 19.2. The standard InChI is InChI=1S/C25H24ClF2N3O5/c1-13(32)18-11-30(20-7-14(25(35)36)5-6-17(18)20)12-22(33)31-10-16(27)8-21(31)24(34)29-9-15-3-2-4-19(26)23(15)28/h2-7,11,13,16,21,32H,8-10,12H2,1H3,(H,29,34)(H,35,36)/t13?,16-,21+/m1/s1. The van der Waals surface area contributed by atoms with E-state index in [1.807, 2.05) is 0 Å². The number of carboxylic acid groups (broad SMARTS) is 1. The molecule has 4 rings (SSSR count). The molecule has 0 saturated carbocycles. The third kappa shape index (κ3) is 5.05. The van der Waals surface area contributed by atoms with E-state index in [1.165, 1.54) is 34.9 Å². The van der Waals surface area contributed by atoms with Gasteiger partial charge in [-0.15, -0.1) is 0 Å². The maximum atomic E-state index is 14.3. The van der Waals surface area contributed by atoms with Crippen molar-refractivity contribution in [2.45, 2.75) is 44.8 Å². The first kappa shape index (κ1) is 25.6. The van der Waals surface area contributed by atoms with Gasteiger partial charge in [0.25, 0.3) is 0 Å². The number of aliphatic hydroxyl groups is 1. The lowest BCUT2D eigenvalue weighted by Crippen LogP contribution is -2.46. The van der Waals surface area contributed by atoms with Gasteiger partial charge < -0.3 is 25.0 Å². The molecule has 1 saturated heterocycles. The molecule has 190 valence electrons. The van der Waals surface area contributed by atoms with Crippen LogP contribution in [-0.4, -0.2) is 56.2 Å². The number of aromatic carboxylic acids is 1. The highest BCUT2D eigenvalue weighted by Crippen LogP contribution is 2.29. The summed E-state index contributed by atoms with van der Waals surface area (Å²) in [5.74, 6) is -3.00. The third-order valence-corrected chi connectivity index (χ3v) is 6.57. The monoisotopic (exact) mass is 519 g/mol. The Morgan fingerprint density at radius 3 is 2.69 bits per heavy atom. The molecule has 1 unspecified atom stereocenters. The van der Waals surface area contributed by atoms with Crippen molar-refractivity contribution >= 4 is 40.3 Å². The summed E-state index contributed by atoms with van der Waals surface area (Å²) < 4.78 is 29.9. The number of rotatable bonds is 7. The van der Waals surface area contributed by atoms with Crippen LogP contribution in [0.1, 0.15) is 40.9 Å². The van der Waals surface area contributed by atoms with Crippen molar-refractivity contribution < 1.29 is 33.4 Å². The number of halogens is 3. The molecule has 0 aliphatic carbocycles. The molecule has 2 heterocycles. The number of carbonyl (C=O) groups excluding carboxylic acids is 2. The van der Waals surface area contributed by atoms with Crippen molar-refractivity contribution in [3.8, 4) is 0 Å². The second-order valence-corrected chi connectivity index (χ2v) is 9.16. The average molecular weight is 520 g/mol. The van der Waals surface area contributed by atoms with E-state index in [0.717, 1.165) is 4.90 Å². The number of hydrogen-bond donors (Lipinski definition) is 3. The first-order chi connectivity index (χ1) is 17.1. The first-order valence-electron chi connectivity index (χ1n) is 11.2. The van der Waals surface area contributed by atoms with Crippen molar-refractivity contribution in [3.05, 3.63) is 70.1 Å². The molecule has 1 aliphatic heterocycles. The van der Waals surface area contributed by atoms with Gasteiger partial charge in [-0.2, -0.15) is 0 Å². The smallest absolute Gasteiger partial charge is 0.335 e. The fourth-order valence-electron chi connectivity index (χ4n) is 4.45. The number of hydrogen-bond acceptors (Lipinski definition) is 4. The molecule has 8 nitrogen and oxygen atoms in total. The maximum Gasteiger partial charge on any atom is 0.335 e. The third-order valence-electron chi connectivity index (χ3n) is 6.27. The molecular weight excluding hydrogens is 496 g/mol. The Morgan fingerprint density at radius 2 is 2.00 bits per heavy atom. The topological polar surface area (TPSA) is 112 Å². The van der Waals surface area contributed by atoms with Crippen LogP contribution in [-0.2, 0) is 22.7 Å². The lowest BCUT2D eigenvalue weighted by Gasteiger charge is -2.24. The van der Waals surface area contributed by atoms with Crippen LogP contribution >= 0.6 is 11.6 Å². The van der Waals surface area contributed by atoms with E-state index in [4.69, 9.17) is 11.6 Å². The number of likely N-dealkylation sites (tertiary alicyclic amines) is 1. The van der Waals surface area contributed by atoms with Gasteiger partial charge >= 0.3 is 5.97 Å². The predicted octanol–water partition coefficient (Wildman–Crippen LogP) is 3.44. The number of nitrogens with zero attached hydrogens (tertiary/aromatic N) is 2. The van der Waals surface area contributed by atoms with Crippen LogP contribution in [0.3, 0.4) is 0 Å². The van der Waals surface area contributed by atoms with Crippen LogP contribution in [0, 0.1) is 5.82 Å². The number of nitrogens with one attached hydrogen (secondary N) is 1. The Morgan fingerprint density at radius 1 is 1.25 bits per heavy atom. The van der Waals surface area contributed by atoms with Gasteiger partial charge in [0.2, 0.25) is 11.8 Å². The molecule has 0 radical (unpaired) electrons. The van der Waals surface area contributed by atoms with Crippen LogP contribution in [0.2, 0.25) is 5.02 Å². The number of aromatic nitrogens is 1. The van der Waals surface area contributed by atoms with Crippen molar-refractivity contribution in [3.63, 3.8) is 0 Å². The van der Waals surface area contributed by atoms with E-state index in [9.17, 15) is 33.4 Å². The van der Waals surface area contributed by atoms with Gasteiger partial charge in [0, 0.05) is 41.2 Å². The predicted molar refractivity (Wildman–Crippen MR) is 128 cm³/mol. The van der Waals surface area contributed by atoms with Crippen LogP contribution < -0.4 is 5.32 Å². The zero-order chi connectivity index (χ0) is 26.1. The molecule has 1 aliphatic rings. The molecule has 2 aromatic carbocycles. The van der Waals surface area contributed by atoms with E-state index in [1.54, 1.807) is 19.2 Å². The van der Waals surface area contributed by atoms with Gasteiger partial charge in [-0.25, -0.2) is 13.6 Å². The van der Waals surface area contributed by atoms with Crippen LogP contribution in [0.4, 0.5) is 8.78 Å². The van der Waals surface area contributed by atoms with Crippen LogP contribution in [0.5, 0.6) is 0 Å². The van der Waals surface area contributed by atoms with Gasteiger partial charge in [-0.3, -0.25) is 9.59 Å². The fourth-order valence-corrected chi connectivity index (χ4v) is 4.64. The average Bonchev–Trinajstić information content (AvgIpc) is 3.40. The molecule has 3 aromatic rings. The highest BCUT2D eigenvalue weighted by Gasteiger charge is 2.39. The number of carboxylic acids is 1. The molecule has 11 heteroatoms. The highest BCUT2D eigenvalue weighted by atomic mass is 35.5. The summed E-state index contributed by atoms with van der Waals surface area (Å²) in [5, 5.41) is 22.5. The summed E-state index contributed by atoms with van der Waals surface area (Å²) >= 11 is 5.77. The Kier molecular flexibility index (Phi) is 7.28. The Labute approximate surface area is 210 Å². The second kappa shape index (κ2) is 10.2. The minimum Gasteiger partial charge on any atom is -0.478 e. The second-order valence-electron chi connectivity index (χ2n) is 8.75. The normalized spacial score (nSPS) is 18.4. The molecule has 3 atom stereocenters. The van der Waals surface area contributed by atoms with Gasteiger partial charge in [0.15, 0.2) is 0 Å². The lowest BCUT2D eigenvalue weighted by atomic mass is 10.1. The number of fused-ring (bicyclic) bond motifs is 1. The largest absolute Gasteiger partial charge is 0.478 e. The van der Waals surface area contributed by atoms with E-state index in [0.29, 0.717) is 16.5 Å². The number of benzene rings is 2. The number of alkyl halides is 1. The number of carbonyl (C=O) groups is 3. The Bertz CT molecular complexity index is 1340. The quantitative estimate of drug-likeness (QED) is 0.443. The molecule has 0 spiro atoms. The number of aliphatic hydroxyl groups excluding tert-OH is 1. The summed E-state index contributed by atoms with van der Waals surface area (Å²) in [6, 6.07) is 7.62. The van der Waals surface area contributed by atoms with Gasteiger partial charge in [0.05, 0.1) is 23.2 Å². The molecular formula is C25H24ClF2N3O5. The number of amides is 2. The van der Waals surface area contributed by atoms with Gasteiger partial charge in [0.1, 0.15) is 24.6 Å². The molecule has 0 bridgehead atoms. The van der Waals surface area contributed by atoms with Crippen molar-refractivity contribution in [1.82, 2.24) is 14.8 Å². The highest BCUT2D eigenvalue weighted by molar-refractivity contribution is 6.30. The SMILES string of the molecule is CC(O)c1cn(CC(=O)N2C[C@H](F)C[C@H]2C(=O)NCc2cccc(Cl)c2F)c2cc(C(=O)O)ccc12. The van der Waals surface area contributed by atoms with Crippen molar-refractivity contribution in [2.24, 2.45) is 0 Å². The maximum absolute atomic E-state index is 14.3. The summed E-state index contributed by atoms with van der Waals surface area (Å²) in [4.78, 5) is 38.6. The summed E-state index contributed by atoms with van der Waals surface area (Å²) in [6.07, 6.45) is -0.962. The van der Waals surface area contributed by atoms with E-state index < -0.39 is 41.9 Å². The fraction of sp³-hybridized carbons (Fsp3) is 0.320. The molecule has 3 N–H and O–H groups in total. The van der Waals surface area contributed by atoms with Crippen LogP contribution in [0.25, 0.3) is 10.9 Å². The van der Waals surface area contributed by atoms with E-state index >= 15 is 0 Å². The van der Waals surface area contributed by atoms with Gasteiger partial charge in [-0.1, -0.05) is 29.8 Å². The minimum absolute atomic E-state index is 0.00179. The van der Waals surface area contributed by atoms with Crippen LogP contribution in [0.15, 0.2) is 42.6 Å². The van der Waals surface area contributed by atoms with E-state index in [-0.39, 0.29) is 42.2 Å². The van der Waals surface area contributed by atoms with Gasteiger partial charge in [-0.05, 0) is 25.1 Å². The molecule has 1 fully saturated rings. The first-order valence-corrected chi connectivity index (χ1v) is 11.6. The lowest BCUT2D eigenvalue weighted by molar-refractivity contribution is -0.139.